The number of nitrogens with zero attached hydrogens (tertiary/aromatic N) is 4. The number of aromatic nitrogens is 4. The van der Waals surface area contributed by atoms with Crippen LogP contribution >= 0.6 is 0 Å². The van der Waals surface area contributed by atoms with Gasteiger partial charge in [0.15, 0.2) is 11.6 Å². The Morgan fingerprint density at radius 1 is 0.745 bits per heavy atom. The summed E-state index contributed by atoms with van der Waals surface area (Å²) < 4.78 is 44.3. The van der Waals surface area contributed by atoms with E-state index < -0.39 is 11.6 Å². The number of fused-ring (bicyclic) bond motifs is 6. The highest BCUT2D eigenvalue weighted by molar-refractivity contribution is 5.64. The van der Waals surface area contributed by atoms with Crippen LogP contribution in [0.3, 0.4) is 0 Å². The van der Waals surface area contributed by atoms with E-state index in [1.54, 1.807) is 12.1 Å². The highest BCUT2D eigenvalue weighted by Gasteiger charge is 2.61. The summed E-state index contributed by atoms with van der Waals surface area (Å²) in [6, 6.07) is 15.4. The van der Waals surface area contributed by atoms with E-state index in [4.69, 9.17) is 29.1 Å². The van der Waals surface area contributed by atoms with Gasteiger partial charge in [-0.3, -0.25) is 0 Å². The summed E-state index contributed by atoms with van der Waals surface area (Å²) in [6.45, 7) is 8.34. The molecule has 2 unspecified atom stereocenters. The van der Waals surface area contributed by atoms with Crippen LogP contribution in [-0.2, 0) is 38.2 Å². The van der Waals surface area contributed by atoms with Crippen molar-refractivity contribution in [2.75, 3.05) is 13.2 Å². The molecule has 0 bridgehead atoms. The Morgan fingerprint density at radius 2 is 1.29 bits per heavy atom. The molecule has 0 amide bonds. The smallest absolute Gasteiger partial charge is 0.178 e. The number of hydrogen-bond donors (Lipinski definition) is 0. The molecule has 9 heteroatoms. The first-order valence-electron chi connectivity index (χ1n) is 18.7. The molecule has 5 atom stereocenters. The third-order valence-electron chi connectivity index (χ3n) is 13.0. The number of halogens is 1. The molecule has 2 saturated carbocycles. The lowest BCUT2D eigenvalue weighted by molar-refractivity contribution is -0.346. The average Bonchev–Trinajstić information content (AvgIpc) is 3.85. The first-order valence-corrected chi connectivity index (χ1v) is 18.7. The van der Waals surface area contributed by atoms with Crippen LogP contribution < -0.4 is 0 Å². The van der Waals surface area contributed by atoms with Gasteiger partial charge in [0.05, 0.1) is 60.6 Å². The number of benzene rings is 2. The van der Waals surface area contributed by atoms with E-state index in [1.807, 2.05) is 17.1 Å². The molecule has 4 fully saturated rings. The highest BCUT2D eigenvalue weighted by atomic mass is 19.1. The van der Waals surface area contributed by atoms with E-state index >= 15 is 0 Å². The Kier molecular flexibility index (Phi) is 7.05. The van der Waals surface area contributed by atoms with Crippen molar-refractivity contribution in [3.8, 4) is 11.4 Å². The molecule has 264 valence electrons. The predicted octanol–water partition coefficient (Wildman–Crippen LogP) is 7.94. The molecule has 2 spiro atoms. The maximum absolute atomic E-state index is 13.6. The predicted molar refractivity (Wildman–Crippen MR) is 191 cm³/mol. The third kappa shape index (κ3) is 4.70. The summed E-state index contributed by atoms with van der Waals surface area (Å²) in [5, 5.41) is 9.58. The quantitative estimate of drug-likeness (QED) is 0.217. The minimum Gasteiger partial charge on any atom is -0.349 e. The Bertz CT molecular complexity index is 2080. The van der Waals surface area contributed by atoms with Crippen molar-refractivity contribution in [2.45, 2.75) is 102 Å². The van der Waals surface area contributed by atoms with Crippen molar-refractivity contribution < 1.29 is 23.3 Å². The highest BCUT2D eigenvalue weighted by Crippen LogP contribution is 2.60. The Hall–Kier alpha value is -3.89. The lowest BCUT2D eigenvalue weighted by Gasteiger charge is -2.51. The van der Waals surface area contributed by atoms with Crippen LogP contribution in [0, 0.1) is 16.6 Å². The van der Waals surface area contributed by atoms with Gasteiger partial charge in [0.1, 0.15) is 5.82 Å². The van der Waals surface area contributed by atoms with Gasteiger partial charge in [0.2, 0.25) is 0 Å². The van der Waals surface area contributed by atoms with Crippen LogP contribution in [0.1, 0.15) is 87.4 Å². The normalized spacial score (nSPS) is 31.9. The average molecular weight is 689 g/mol. The van der Waals surface area contributed by atoms with E-state index in [0.717, 1.165) is 93.6 Å². The van der Waals surface area contributed by atoms with Gasteiger partial charge in [0.25, 0.3) is 0 Å². The summed E-state index contributed by atoms with van der Waals surface area (Å²) >= 11 is 0. The fourth-order valence-corrected chi connectivity index (χ4v) is 10.3. The van der Waals surface area contributed by atoms with E-state index in [1.165, 1.54) is 40.1 Å². The van der Waals surface area contributed by atoms with E-state index in [2.05, 4.69) is 61.9 Å². The zero-order chi connectivity index (χ0) is 34.6. The fraction of sp³-hybridized carbons (Fsp3) is 0.476. The number of ether oxygens (including phenoxy) is 4. The molecular weight excluding hydrogens is 643 g/mol. The zero-order valence-electron chi connectivity index (χ0n) is 29.7. The lowest BCUT2D eigenvalue weighted by Crippen LogP contribution is -2.56. The van der Waals surface area contributed by atoms with Crippen LogP contribution in [0.25, 0.3) is 23.5 Å². The molecule has 0 N–H and O–H groups in total. The molecule has 51 heavy (non-hydrogen) atoms. The number of rotatable bonds is 4. The van der Waals surface area contributed by atoms with Crippen LogP contribution in [0.15, 0.2) is 72.1 Å². The van der Waals surface area contributed by atoms with Crippen LogP contribution in [0.2, 0.25) is 0 Å². The van der Waals surface area contributed by atoms with Crippen molar-refractivity contribution in [3.63, 3.8) is 0 Å². The van der Waals surface area contributed by atoms with Gasteiger partial charge < -0.3 is 18.9 Å². The van der Waals surface area contributed by atoms with Crippen molar-refractivity contribution in [2.24, 2.45) is 10.8 Å². The minimum atomic E-state index is -0.695. The van der Waals surface area contributed by atoms with Crippen LogP contribution in [0.4, 0.5) is 4.39 Å². The summed E-state index contributed by atoms with van der Waals surface area (Å²) in [5.41, 5.74) is 10.1. The lowest BCUT2D eigenvalue weighted by atomic mass is 9.71. The van der Waals surface area contributed by atoms with E-state index in [9.17, 15) is 4.39 Å². The van der Waals surface area contributed by atoms with Crippen LogP contribution in [0.5, 0.6) is 0 Å². The molecule has 2 aromatic carbocycles. The molecule has 4 heterocycles. The van der Waals surface area contributed by atoms with Gasteiger partial charge in [-0.1, -0.05) is 37.1 Å². The largest absolute Gasteiger partial charge is 0.349 e. The van der Waals surface area contributed by atoms with Crippen molar-refractivity contribution in [1.82, 2.24) is 19.6 Å². The maximum atomic E-state index is 13.6. The van der Waals surface area contributed by atoms with Gasteiger partial charge in [0, 0.05) is 30.1 Å². The van der Waals surface area contributed by atoms with Gasteiger partial charge in [-0.05, 0) is 111 Å². The summed E-state index contributed by atoms with van der Waals surface area (Å²) in [6.07, 6.45) is 16.6. The van der Waals surface area contributed by atoms with E-state index in [-0.39, 0.29) is 28.9 Å². The van der Waals surface area contributed by atoms with Gasteiger partial charge in [-0.15, -0.1) is 0 Å². The summed E-state index contributed by atoms with van der Waals surface area (Å²) in [7, 11) is 0. The minimum absolute atomic E-state index is 0.0397. The van der Waals surface area contributed by atoms with Gasteiger partial charge >= 0.3 is 0 Å². The SMILES string of the molecule is C[C@@H]1CC(Cc2ccc(-n3ncc4c3C=C3CCC5(OCCCO5)[C@@]3(C)C4)cc2)OC2(CCC3=Cc4c(cnn4-c4ccc(F)cc4)C[C@@]32C)O1. The third-order valence-corrected chi connectivity index (χ3v) is 13.0. The Balaban J connectivity index is 0.871. The first-order chi connectivity index (χ1) is 24.7. The Labute approximate surface area is 298 Å². The molecule has 6 aliphatic rings. The molecule has 2 saturated heterocycles. The zero-order valence-corrected chi connectivity index (χ0v) is 29.7. The molecule has 2 aliphatic heterocycles. The number of hydrogen-bond acceptors (Lipinski definition) is 6. The van der Waals surface area contributed by atoms with E-state index in [0.29, 0.717) is 0 Å². The van der Waals surface area contributed by atoms with Crippen molar-refractivity contribution >= 4 is 12.2 Å². The molecule has 2 aromatic heterocycles. The molecule has 4 aliphatic carbocycles. The van der Waals surface area contributed by atoms with Crippen molar-refractivity contribution in [1.29, 1.82) is 0 Å². The molecule has 8 nitrogen and oxygen atoms in total. The van der Waals surface area contributed by atoms with Crippen LogP contribution in [-0.4, -0.2) is 56.6 Å². The molecule has 0 radical (unpaired) electrons. The summed E-state index contributed by atoms with van der Waals surface area (Å²) in [5.74, 6) is -1.46. The first kappa shape index (κ1) is 31.8. The topological polar surface area (TPSA) is 72.6 Å². The second kappa shape index (κ2) is 11.3. The maximum Gasteiger partial charge on any atom is 0.178 e. The van der Waals surface area contributed by atoms with Crippen molar-refractivity contribution in [3.05, 3.63) is 106 Å². The second-order valence-corrected chi connectivity index (χ2v) is 16.1. The standard InChI is InChI=1S/C42H45FN4O4/c1-27-19-36(51-42(50-27)16-14-32-22-38-30(24-40(32,42)3)26-45-47(38)35-11-7-33(43)8-12-35)20-28-5-9-34(10-6-28)46-37-21-31-13-15-41(48-17-4-18-49-41)39(31,2)23-29(37)25-44-46/h5-12,21-22,25-27,36H,4,13-20,23-24H2,1-3H3/t27-,36?,39+,40+,42?/m1/s1. The molecule has 10 rings (SSSR count). The van der Waals surface area contributed by atoms with Gasteiger partial charge in [-0.2, -0.15) is 10.2 Å². The fourth-order valence-electron chi connectivity index (χ4n) is 10.3. The molecule has 4 aromatic rings. The van der Waals surface area contributed by atoms with Gasteiger partial charge in [-0.25, -0.2) is 13.8 Å². The monoisotopic (exact) mass is 688 g/mol. The Morgan fingerprint density at radius 3 is 1.90 bits per heavy atom. The summed E-state index contributed by atoms with van der Waals surface area (Å²) in [4.78, 5) is 0. The second-order valence-electron chi connectivity index (χ2n) is 16.1. The molecular formula is C42H45FN4O4.